The minimum atomic E-state index is -4.20. The highest BCUT2D eigenvalue weighted by Crippen LogP contribution is 2.24. The minimum Gasteiger partial charge on any atom is -0.487 e. The Hall–Kier alpha value is -2.90. The molecule has 0 radical (unpaired) electrons. The summed E-state index contributed by atoms with van der Waals surface area (Å²) in [6, 6.07) is 10.6. The van der Waals surface area contributed by atoms with E-state index in [0.717, 1.165) is 10.9 Å². The predicted octanol–water partition coefficient (Wildman–Crippen LogP) is 5.25. The molecular weight excluding hydrogens is 379 g/mol. The standard InChI is InChI=1S/C20H17F5N2O/c21-15-4-5-17-14(11-27-18(17)9-15)6-7-26-10-13-2-1-3-16(8-13)28-12-20(24,25)19(22)23/h1-5,8-11,19,27H,6-7,12H2. The van der Waals surface area contributed by atoms with Gasteiger partial charge in [0, 0.05) is 29.9 Å². The number of aliphatic imine (C=N–C) groups is 1. The average Bonchev–Trinajstić information content (AvgIpc) is 3.06. The fourth-order valence-corrected chi connectivity index (χ4v) is 2.65. The quantitative estimate of drug-likeness (QED) is 0.410. The van der Waals surface area contributed by atoms with Crippen LogP contribution in [0.5, 0.6) is 5.75 Å². The van der Waals surface area contributed by atoms with Crippen LogP contribution in [0.3, 0.4) is 0 Å². The monoisotopic (exact) mass is 396 g/mol. The molecule has 0 spiro atoms. The first-order valence-corrected chi connectivity index (χ1v) is 8.49. The number of benzene rings is 2. The second-order valence-corrected chi connectivity index (χ2v) is 6.21. The van der Waals surface area contributed by atoms with Crippen molar-refractivity contribution in [2.75, 3.05) is 13.2 Å². The van der Waals surface area contributed by atoms with E-state index in [4.69, 9.17) is 4.74 Å². The highest BCUT2D eigenvalue weighted by atomic mass is 19.3. The highest BCUT2D eigenvalue weighted by molar-refractivity contribution is 5.83. The number of rotatable bonds is 8. The van der Waals surface area contributed by atoms with Crippen LogP contribution in [0.2, 0.25) is 0 Å². The molecule has 3 aromatic rings. The maximum Gasteiger partial charge on any atom is 0.340 e. The predicted molar refractivity (Wildman–Crippen MR) is 97.3 cm³/mol. The normalized spacial score (nSPS) is 12.4. The molecule has 0 atom stereocenters. The maximum absolute atomic E-state index is 13.2. The molecule has 0 aliphatic rings. The number of aromatic nitrogens is 1. The molecule has 3 rings (SSSR count). The third-order valence-corrected chi connectivity index (χ3v) is 4.09. The van der Waals surface area contributed by atoms with Gasteiger partial charge in [0.25, 0.3) is 0 Å². The first kappa shape index (κ1) is 19.9. The summed E-state index contributed by atoms with van der Waals surface area (Å²) in [6.07, 6.45) is 0.196. The number of alkyl halides is 4. The van der Waals surface area contributed by atoms with Crippen LogP contribution >= 0.6 is 0 Å². The van der Waals surface area contributed by atoms with Gasteiger partial charge in [0.05, 0.1) is 0 Å². The van der Waals surface area contributed by atoms with Crippen LogP contribution in [-0.2, 0) is 6.42 Å². The topological polar surface area (TPSA) is 37.4 Å². The van der Waals surface area contributed by atoms with Gasteiger partial charge >= 0.3 is 12.3 Å². The summed E-state index contributed by atoms with van der Waals surface area (Å²) in [7, 11) is 0. The van der Waals surface area contributed by atoms with Crippen molar-refractivity contribution in [2.45, 2.75) is 18.8 Å². The second-order valence-electron chi connectivity index (χ2n) is 6.21. The lowest BCUT2D eigenvalue weighted by atomic mass is 10.1. The average molecular weight is 396 g/mol. The van der Waals surface area contributed by atoms with Gasteiger partial charge in [-0.15, -0.1) is 0 Å². The van der Waals surface area contributed by atoms with E-state index in [2.05, 4.69) is 9.98 Å². The fourth-order valence-electron chi connectivity index (χ4n) is 2.65. The second kappa shape index (κ2) is 8.41. The summed E-state index contributed by atoms with van der Waals surface area (Å²) in [4.78, 5) is 7.29. The van der Waals surface area contributed by atoms with Crippen LogP contribution in [0.25, 0.3) is 10.9 Å². The van der Waals surface area contributed by atoms with Crippen LogP contribution < -0.4 is 4.74 Å². The summed E-state index contributed by atoms with van der Waals surface area (Å²) >= 11 is 0. The van der Waals surface area contributed by atoms with Crippen molar-refractivity contribution in [1.82, 2.24) is 4.98 Å². The number of fused-ring (bicyclic) bond motifs is 1. The van der Waals surface area contributed by atoms with Gasteiger partial charge in [-0.2, -0.15) is 8.78 Å². The molecule has 0 amide bonds. The fraction of sp³-hybridized carbons (Fsp3) is 0.250. The van der Waals surface area contributed by atoms with Crippen molar-refractivity contribution in [3.05, 3.63) is 65.6 Å². The minimum absolute atomic E-state index is 0.0583. The van der Waals surface area contributed by atoms with E-state index >= 15 is 0 Å². The molecule has 1 heterocycles. The smallest absolute Gasteiger partial charge is 0.340 e. The molecule has 0 aliphatic carbocycles. The zero-order chi connectivity index (χ0) is 20.1. The third kappa shape index (κ3) is 4.88. The Morgan fingerprint density at radius 3 is 2.75 bits per heavy atom. The molecule has 148 valence electrons. The molecule has 0 unspecified atom stereocenters. The Balaban J connectivity index is 1.57. The molecule has 1 N–H and O–H groups in total. The van der Waals surface area contributed by atoms with E-state index in [9.17, 15) is 22.0 Å². The van der Waals surface area contributed by atoms with Gasteiger partial charge < -0.3 is 9.72 Å². The molecule has 0 bridgehead atoms. The Morgan fingerprint density at radius 2 is 1.96 bits per heavy atom. The zero-order valence-electron chi connectivity index (χ0n) is 14.6. The summed E-state index contributed by atoms with van der Waals surface area (Å²) < 4.78 is 68.1. The van der Waals surface area contributed by atoms with E-state index < -0.39 is 19.0 Å². The first-order valence-electron chi connectivity index (χ1n) is 8.49. The van der Waals surface area contributed by atoms with E-state index in [1.807, 2.05) is 0 Å². The number of ether oxygens (including phenoxy) is 1. The summed E-state index contributed by atoms with van der Waals surface area (Å²) in [5, 5.41) is 0.923. The lowest BCUT2D eigenvalue weighted by molar-refractivity contribution is -0.148. The van der Waals surface area contributed by atoms with Gasteiger partial charge in [-0.05, 0) is 47.9 Å². The molecule has 1 aromatic heterocycles. The number of nitrogens with one attached hydrogen (secondary N) is 1. The summed E-state index contributed by atoms with van der Waals surface area (Å²) in [5.74, 6) is -4.46. The first-order chi connectivity index (χ1) is 13.3. The van der Waals surface area contributed by atoms with E-state index in [0.29, 0.717) is 24.0 Å². The van der Waals surface area contributed by atoms with Crippen molar-refractivity contribution < 1.29 is 26.7 Å². The molecule has 0 fully saturated rings. The van der Waals surface area contributed by atoms with Crippen molar-refractivity contribution in [3.63, 3.8) is 0 Å². The molecule has 0 saturated carbocycles. The molecular formula is C20H17F5N2O. The van der Waals surface area contributed by atoms with Crippen LogP contribution in [0.15, 0.2) is 53.7 Å². The zero-order valence-corrected chi connectivity index (χ0v) is 14.6. The van der Waals surface area contributed by atoms with Gasteiger partial charge in [-0.3, -0.25) is 4.99 Å². The van der Waals surface area contributed by atoms with Crippen LogP contribution in [0.4, 0.5) is 22.0 Å². The molecule has 0 aliphatic heterocycles. The number of nitrogens with zero attached hydrogens (tertiary/aromatic N) is 1. The summed E-state index contributed by atoms with van der Waals surface area (Å²) in [6.45, 7) is -0.939. The van der Waals surface area contributed by atoms with Crippen molar-refractivity contribution in [3.8, 4) is 5.75 Å². The number of hydrogen-bond donors (Lipinski definition) is 1. The van der Waals surface area contributed by atoms with Gasteiger partial charge in [0.15, 0.2) is 6.61 Å². The van der Waals surface area contributed by atoms with E-state index in [1.165, 1.54) is 24.3 Å². The SMILES string of the molecule is Fc1ccc2c(CCN=Cc3cccc(OCC(F)(F)C(F)F)c3)c[nH]c2c1. The lowest BCUT2D eigenvalue weighted by Crippen LogP contribution is -2.33. The Kier molecular flexibility index (Phi) is 5.96. The molecule has 28 heavy (non-hydrogen) atoms. The van der Waals surface area contributed by atoms with Gasteiger partial charge in [-0.25, -0.2) is 13.2 Å². The Labute approximate surface area is 157 Å². The Morgan fingerprint density at radius 1 is 1.14 bits per heavy atom. The lowest BCUT2D eigenvalue weighted by Gasteiger charge is -2.16. The van der Waals surface area contributed by atoms with Crippen LogP contribution in [0, 0.1) is 5.82 Å². The van der Waals surface area contributed by atoms with Gasteiger partial charge in [0.1, 0.15) is 11.6 Å². The molecule has 3 nitrogen and oxygen atoms in total. The van der Waals surface area contributed by atoms with Gasteiger partial charge in [0.2, 0.25) is 0 Å². The molecule has 0 saturated heterocycles. The van der Waals surface area contributed by atoms with E-state index in [1.54, 1.807) is 30.6 Å². The number of aromatic amines is 1. The van der Waals surface area contributed by atoms with E-state index in [-0.39, 0.29) is 11.6 Å². The number of halogens is 5. The molecule has 8 heteroatoms. The maximum atomic E-state index is 13.2. The van der Waals surface area contributed by atoms with Crippen molar-refractivity contribution in [1.29, 1.82) is 0 Å². The van der Waals surface area contributed by atoms with Crippen LogP contribution in [-0.4, -0.2) is 36.7 Å². The highest BCUT2D eigenvalue weighted by Gasteiger charge is 2.41. The third-order valence-electron chi connectivity index (χ3n) is 4.09. The largest absolute Gasteiger partial charge is 0.487 e. The van der Waals surface area contributed by atoms with Crippen molar-refractivity contribution in [2.24, 2.45) is 4.99 Å². The van der Waals surface area contributed by atoms with Gasteiger partial charge in [-0.1, -0.05) is 12.1 Å². The van der Waals surface area contributed by atoms with Crippen LogP contribution in [0.1, 0.15) is 11.1 Å². The number of hydrogen-bond acceptors (Lipinski definition) is 2. The van der Waals surface area contributed by atoms with Crippen molar-refractivity contribution >= 4 is 17.1 Å². The Bertz CT molecular complexity index is 968. The number of H-pyrrole nitrogens is 1. The molecule has 2 aromatic carbocycles. The summed E-state index contributed by atoms with van der Waals surface area (Å²) in [5.41, 5.74) is 2.31.